The number of hydrogen-bond acceptors (Lipinski definition) is 6. The van der Waals surface area contributed by atoms with E-state index in [-0.39, 0.29) is 0 Å². The van der Waals surface area contributed by atoms with E-state index in [1.54, 1.807) is 11.0 Å². The van der Waals surface area contributed by atoms with Gasteiger partial charge in [-0.15, -0.1) is 4.68 Å². The van der Waals surface area contributed by atoms with Crippen LogP contribution in [0.25, 0.3) is 0 Å². The number of hydrogen-bond donors (Lipinski definition) is 1. The van der Waals surface area contributed by atoms with E-state index in [2.05, 4.69) is 69.0 Å². The maximum absolute atomic E-state index is 4.42. The Morgan fingerprint density at radius 2 is 1.53 bits per heavy atom. The summed E-state index contributed by atoms with van der Waals surface area (Å²) < 4.78 is 7.43. The van der Waals surface area contributed by atoms with Gasteiger partial charge in [0.2, 0.25) is 6.33 Å². The molecule has 0 aliphatic carbocycles. The Balaban J connectivity index is 1.20. The Labute approximate surface area is 224 Å². The highest BCUT2D eigenvalue weighted by atomic mass is 15.4. The quantitative estimate of drug-likeness (QED) is 0.158. The first-order chi connectivity index (χ1) is 18.3. The molecule has 0 spiro atoms. The lowest BCUT2D eigenvalue weighted by Crippen LogP contribution is -2.25. The van der Waals surface area contributed by atoms with Crippen molar-refractivity contribution >= 4 is 29.0 Å². The number of unbranched alkanes of at least 4 members (excludes halogenated alkanes) is 2. The molecule has 0 bridgehead atoms. The molecule has 0 aliphatic heterocycles. The molecule has 0 radical (unpaired) electrons. The molecule has 0 unspecified atom stereocenters. The van der Waals surface area contributed by atoms with E-state index in [1.807, 2.05) is 66.4 Å². The van der Waals surface area contributed by atoms with Crippen LogP contribution in [-0.4, -0.2) is 20.9 Å². The van der Waals surface area contributed by atoms with Crippen molar-refractivity contribution in [3.05, 3.63) is 71.8 Å². The molecule has 0 atom stereocenters. The topological polar surface area (TPSA) is 92.0 Å². The largest absolute Gasteiger partial charge is 0.421 e. The zero-order valence-corrected chi connectivity index (χ0v) is 23.3. The Kier molecular flexibility index (Phi) is 8.73. The van der Waals surface area contributed by atoms with Crippen molar-refractivity contribution < 1.29 is 9.13 Å². The van der Waals surface area contributed by atoms with Gasteiger partial charge in [-0.3, -0.25) is 0 Å². The van der Waals surface area contributed by atoms with E-state index in [0.717, 1.165) is 54.4 Å². The molecule has 2 aromatic carbocycles. The second-order valence-corrected chi connectivity index (χ2v) is 9.73. The number of azo groups is 2. The minimum atomic E-state index is 0.693. The molecule has 10 nitrogen and oxygen atoms in total. The van der Waals surface area contributed by atoms with Gasteiger partial charge >= 0.3 is 11.9 Å². The lowest BCUT2D eigenvalue weighted by atomic mass is 10.0. The molecule has 4 rings (SSSR count). The molecule has 0 saturated carbocycles. The van der Waals surface area contributed by atoms with Crippen molar-refractivity contribution in [1.82, 2.24) is 14.3 Å². The molecule has 0 saturated heterocycles. The van der Waals surface area contributed by atoms with Gasteiger partial charge in [-0.1, -0.05) is 22.7 Å². The van der Waals surface area contributed by atoms with E-state index in [9.17, 15) is 0 Å². The van der Waals surface area contributed by atoms with Crippen LogP contribution in [0.3, 0.4) is 0 Å². The van der Waals surface area contributed by atoms with Gasteiger partial charge < -0.3 is 5.32 Å². The number of aromatic nitrogens is 5. The summed E-state index contributed by atoms with van der Waals surface area (Å²) in [5.74, 6) is 1.51. The van der Waals surface area contributed by atoms with Crippen LogP contribution in [0.4, 0.5) is 29.0 Å². The van der Waals surface area contributed by atoms with Crippen LogP contribution in [0, 0.1) is 13.8 Å². The van der Waals surface area contributed by atoms with Crippen LogP contribution < -0.4 is 14.5 Å². The van der Waals surface area contributed by atoms with E-state index in [0.29, 0.717) is 5.95 Å². The highest BCUT2D eigenvalue weighted by Crippen LogP contribution is 2.24. The number of anilines is 1. The summed E-state index contributed by atoms with van der Waals surface area (Å²) in [6, 6.07) is 12.5. The molecule has 4 aromatic rings. The van der Waals surface area contributed by atoms with Gasteiger partial charge in [0.05, 0.1) is 46.3 Å². The van der Waals surface area contributed by atoms with Crippen LogP contribution in [-0.2, 0) is 34.6 Å². The van der Waals surface area contributed by atoms with E-state index >= 15 is 0 Å². The van der Waals surface area contributed by atoms with Gasteiger partial charge in [0.15, 0.2) is 0 Å². The average Bonchev–Trinajstić information content (AvgIpc) is 3.39. The first-order valence-corrected chi connectivity index (χ1v) is 13.0. The molecule has 0 fully saturated rings. The first kappa shape index (κ1) is 26.8. The minimum Gasteiger partial charge on any atom is -0.385 e. The fourth-order valence-electron chi connectivity index (χ4n) is 4.32. The van der Waals surface area contributed by atoms with Crippen LogP contribution in [0.5, 0.6) is 0 Å². The molecular weight excluding hydrogens is 476 g/mol. The van der Waals surface area contributed by atoms with Crippen LogP contribution in [0.2, 0.25) is 0 Å². The van der Waals surface area contributed by atoms with Crippen molar-refractivity contribution in [3.8, 4) is 0 Å². The summed E-state index contributed by atoms with van der Waals surface area (Å²) in [6.45, 7) is 5.19. The third-order valence-corrected chi connectivity index (χ3v) is 6.63. The number of aryl methyl sites for hydroxylation is 7. The summed E-state index contributed by atoms with van der Waals surface area (Å²) in [7, 11) is 7.69. The maximum atomic E-state index is 4.42. The SMILES string of the molecule is Cc1cc(N=Nc2n(C)cc[n+]2C)ccc1CCCCCNc1ccc(N=Nc2n(C)nc[n+]2C)cc1C. The number of nitrogens with zero attached hydrogens (tertiary/aromatic N) is 9. The van der Waals surface area contributed by atoms with Crippen molar-refractivity contribution in [2.45, 2.75) is 39.5 Å². The normalized spacial score (nSPS) is 11.7. The lowest BCUT2D eigenvalue weighted by Gasteiger charge is -2.10. The standard InChI is InChI=1S/C28H37N10/c1-21-18-24(31-33-27-35(3)16-17-36(27)4)12-11-23(21)10-8-7-9-15-29-26-14-13-25(19-22(26)2)32-34-28-37(5)20-30-38(28)6/h11-14,16-20H,7-10,15H2,1-6H3/q+1/p+1. The van der Waals surface area contributed by atoms with Gasteiger partial charge in [-0.2, -0.15) is 0 Å². The Morgan fingerprint density at radius 3 is 2.16 bits per heavy atom. The molecule has 198 valence electrons. The Hall–Kier alpha value is -4.21. The van der Waals surface area contributed by atoms with E-state index < -0.39 is 0 Å². The monoisotopic (exact) mass is 514 g/mol. The number of nitrogens with one attached hydrogen (secondary N) is 1. The summed E-state index contributed by atoms with van der Waals surface area (Å²) in [6.07, 6.45) is 10.2. The Morgan fingerprint density at radius 1 is 0.816 bits per heavy atom. The molecular formula is C28H38N10+2. The summed E-state index contributed by atoms with van der Waals surface area (Å²) in [5, 5.41) is 25.2. The van der Waals surface area contributed by atoms with Crippen molar-refractivity contribution in [3.63, 3.8) is 0 Å². The van der Waals surface area contributed by atoms with Gasteiger partial charge in [-0.25, -0.2) is 13.7 Å². The fraction of sp³-hybridized carbons (Fsp3) is 0.393. The maximum Gasteiger partial charge on any atom is 0.421 e. The second-order valence-electron chi connectivity index (χ2n) is 9.73. The summed E-state index contributed by atoms with van der Waals surface area (Å²) in [4.78, 5) is 0. The molecule has 0 amide bonds. The van der Waals surface area contributed by atoms with Gasteiger partial charge in [0.25, 0.3) is 0 Å². The van der Waals surface area contributed by atoms with Gasteiger partial charge in [0.1, 0.15) is 5.69 Å². The summed E-state index contributed by atoms with van der Waals surface area (Å²) in [5.41, 5.74) is 6.64. The second kappa shape index (κ2) is 12.4. The number of imidazole rings is 1. The van der Waals surface area contributed by atoms with Crippen LogP contribution in [0.1, 0.15) is 36.0 Å². The number of benzene rings is 2. The summed E-state index contributed by atoms with van der Waals surface area (Å²) >= 11 is 0. The zero-order chi connectivity index (χ0) is 27.1. The van der Waals surface area contributed by atoms with Crippen LogP contribution in [0.15, 0.2) is 75.6 Å². The molecule has 1 N–H and O–H groups in total. The highest BCUT2D eigenvalue weighted by molar-refractivity contribution is 5.57. The van der Waals surface area contributed by atoms with E-state index in [1.165, 1.54) is 17.5 Å². The minimum absolute atomic E-state index is 0.693. The molecule has 2 heterocycles. The van der Waals surface area contributed by atoms with Crippen LogP contribution >= 0.6 is 0 Å². The lowest BCUT2D eigenvalue weighted by molar-refractivity contribution is -0.659. The smallest absolute Gasteiger partial charge is 0.385 e. The molecule has 2 aromatic heterocycles. The fourth-order valence-corrected chi connectivity index (χ4v) is 4.32. The van der Waals surface area contributed by atoms with Gasteiger partial charge in [-0.05, 0) is 85.2 Å². The predicted octanol–water partition coefficient (Wildman–Crippen LogP) is 5.68. The first-order valence-electron chi connectivity index (χ1n) is 13.0. The van der Waals surface area contributed by atoms with Gasteiger partial charge in [0, 0.05) is 22.5 Å². The highest BCUT2D eigenvalue weighted by Gasteiger charge is 2.12. The van der Waals surface area contributed by atoms with Crippen molar-refractivity contribution in [1.29, 1.82) is 0 Å². The van der Waals surface area contributed by atoms with Crippen molar-refractivity contribution in [2.24, 2.45) is 48.6 Å². The third kappa shape index (κ3) is 6.76. The van der Waals surface area contributed by atoms with Crippen molar-refractivity contribution in [2.75, 3.05) is 11.9 Å². The molecule has 10 heteroatoms. The number of rotatable bonds is 11. The average molecular weight is 515 g/mol. The molecule has 38 heavy (non-hydrogen) atoms. The third-order valence-electron chi connectivity index (χ3n) is 6.63. The Bertz CT molecular complexity index is 1300. The predicted molar refractivity (Wildman–Crippen MR) is 148 cm³/mol. The zero-order valence-electron chi connectivity index (χ0n) is 23.3. The van der Waals surface area contributed by atoms with E-state index in [4.69, 9.17) is 0 Å². The molecule has 0 aliphatic rings.